The summed E-state index contributed by atoms with van der Waals surface area (Å²) in [4.78, 5) is 2.42. The van der Waals surface area contributed by atoms with Crippen LogP contribution < -0.4 is 4.90 Å². The van der Waals surface area contributed by atoms with E-state index < -0.39 is 0 Å². The van der Waals surface area contributed by atoms with Crippen molar-refractivity contribution in [3.8, 4) is 50.2 Å². The molecule has 0 fully saturated rings. The molecule has 354 valence electrons. The molecule has 0 spiro atoms. The molecule has 3 nitrogen and oxygen atoms in total. The summed E-state index contributed by atoms with van der Waals surface area (Å²) in [5.74, 6) is 0. The van der Waals surface area contributed by atoms with Crippen molar-refractivity contribution in [2.45, 2.75) is 12.8 Å². The minimum atomic E-state index is 0.898. The van der Waals surface area contributed by atoms with Crippen LogP contribution in [0.5, 0.6) is 0 Å². The zero-order valence-corrected chi connectivity index (χ0v) is 41.3. The molecule has 2 heterocycles. The van der Waals surface area contributed by atoms with E-state index in [4.69, 9.17) is 4.42 Å². The van der Waals surface area contributed by atoms with Crippen LogP contribution in [-0.4, -0.2) is 4.57 Å². The van der Waals surface area contributed by atoms with Crippen LogP contribution in [0.2, 0.25) is 0 Å². The summed E-state index contributed by atoms with van der Waals surface area (Å²) >= 11 is 0. The van der Waals surface area contributed by atoms with E-state index in [2.05, 4.69) is 282 Å². The molecule has 14 rings (SSSR count). The number of anilines is 3. The Balaban J connectivity index is 0.870. The first-order valence-corrected chi connectivity index (χ1v) is 26.0. The van der Waals surface area contributed by atoms with Crippen LogP contribution in [0.1, 0.15) is 24.0 Å². The third kappa shape index (κ3) is 7.76. The van der Waals surface area contributed by atoms with Gasteiger partial charge in [-0.25, -0.2) is 0 Å². The van der Waals surface area contributed by atoms with Gasteiger partial charge in [0.2, 0.25) is 0 Å². The molecule has 2 aromatic heterocycles. The Kier molecular flexibility index (Phi) is 11.0. The van der Waals surface area contributed by atoms with Gasteiger partial charge < -0.3 is 13.9 Å². The molecule has 0 aliphatic heterocycles. The Morgan fingerprint density at radius 1 is 0.320 bits per heavy atom. The van der Waals surface area contributed by atoms with Gasteiger partial charge in [0, 0.05) is 49.6 Å². The van der Waals surface area contributed by atoms with Crippen molar-refractivity contribution < 1.29 is 4.42 Å². The molecule has 11 aromatic carbocycles. The van der Waals surface area contributed by atoms with Crippen molar-refractivity contribution >= 4 is 72.0 Å². The van der Waals surface area contributed by atoms with E-state index in [1.54, 1.807) is 0 Å². The number of rotatable bonds is 10. The first kappa shape index (κ1) is 44.0. The van der Waals surface area contributed by atoms with E-state index in [9.17, 15) is 0 Å². The Hall–Kier alpha value is -9.70. The number of benzene rings is 11. The smallest absolute Gasteiger partial charge is 0.143 e. The summed E-state index contributed by atoms with van der Waals surface area (Å²) in [5.41, 5.74) is 22.8. The lowest BCUT2D eigenvalue weighted by molar-refractivity contribution is 0.670. The zero-order valence-electron chi connectivity index (χ0n) is 41.3. The standard InChI is InChI=1S/C72H50N2O/c1-2-20-49(21-3-1)52-22-18-23-53(48-52)58-26-8-13-35-67(58)73(55-46-42-51(43-47-55)57-25-5-7-28-60(57)65-33-19-34-66-64-32-12-17-39-71(64)75-72(65)66)54-44-40-50(41-45-54)56-24-4-6-27-59(56)61-29-9-14-36-68(61)74-69-37-15-10-30-62(69)63-31-11-16-38-70(63)74/h1-3,5,7-48H,4,6H2. The maximum absolute atomic E-state index is 6.57. The predicted molar refractivity (Wildman–Crippen MR) is 316 cm³/mol. The molecule has 0 atom stereocenters. The Morgan fingerprint density at radius 2 is 0.840 bits per heavy atom. The van der Waals surface area contributed by atoms with Crippen LogP contribution in [0.4, 0.5) is 17.1 Å². The van der Waals surface area contributed by atoms with Crippen molar-refractivity contribution in [1.82, 2.24) is 4.57 Å². The van der Waals surface area contributed by atoms with Gasteiger partial charge in [-0.1, -0.05) is 218 Å². The fourth-order valence-electron chi connectivity index (χ4n) is 11.6. The molecule has 0 amide bonds. The van der Waals surface area contributed by atoms with Gasteiger partial charge in [0.25, 0.3) is 0 Å². The van der Waals surface area contributed by atoms with E-state index in [0.717, 1.165) is 85.2 Å². The molecular weight excluding hydrogens is 909 g/mol. The average Bonchev–Trinajstić information content (AvgIpc) is 4.08. The molecule has 1 aliphatic carbocycles. The molecule has 0 saturated carbocycles. The topological polar surface area (TPSA) is 21.3 Å². The summed E-state index contributed by atoms with van der Waals surface area (Å²) in [5, 5.41) is 4.78. The van der Waals surface area contributed by atoms with Crippen LogP contribution in [0.15, 0.2) is 283 Å². The van der Waals surface area contributed by atoms with E-state index in [1.165, 1.54) is 60.9 Å². The number of fused-ring (bicyclic) bond motifs is 6. The molecule has 75 heavy (non-hydrogen) atoms. The average molecular weight is 959 g/mol. The van der Waals surface area contributed by atoms with Crippen molar-refractivity contribution in [2.24, 2.45) is 0 Å². The van der Waals surface area contributed by atoms with Crippen LogP contribution in [0.3, 0.4) is 0 Å². The normalized spacial score (nSPS) is 12.6. The second-order valence-electron chi connectivity index (χ2n) is 19.4. The summed E-state index contributed by atoms with van der Waals surface area (Å²) in [7, 11) is 0. The minimum absolute atomic E-state index is 0.898. The number of para-hydroxylation sites is 6. The monoisotopic (exact) mass is 958 g/mol. The van der Waals surface area contributed by atoms with Gasteiger partial charge in [-0.3, -0.25) is 0 Å². The molecule has 1 aliphatic rings. The van der Waals surface area contributed by atoms with E-state index >= 15 is 0 Å². The Morgan fingerprint density at radius 3 is 1.59 bits per heavy atom. The number of allylic oxidation sites excluding steroid dienone is 4. The Bertz CT molecular complexity index is 4290. The fraction of sp³-hybridized carbons (Fsp3) is 0.0278. The molecule has 0 saturated heterocycles. The highest BCUT2D eigenvalue weighted by molar-refractivity contribution is 6.13. The van der Waals surface area contributed by atoms with Crippen molar-refractivity contribution in [1.29, 1.82) is 0 Å². The third-order valence-electron chi connectivity index (χ3n) is 15.1. The van der Waals surface area contributed by atoms with Crippen LogP contribution in [0, 0.1) is 0 Å². The predicted octanol–water partition coefficient (Wildman–Crippen LogP) is 20.1. The first-order valence-electron chi connectivity index (χ1n) is 26.0. The van der Waals surface area contributed by atoms with Crippen LogP contribution in [-0.2, 0) is 0 Å². The molecule has 0 N–H and O–H groups in total. The van der Waals surface area contributed by atoms with Crippen LogP contribution in [0.25, 0.3) is 105 Å². The highest BCUT2D eigenvalue weighted by atomic mass is 16.3. The van der Waals surface area contributed by atoms with Gasteiger partial charge in [-0.2, -0.15) is 0 Å². The molecule has 0 unspecified atom stereocenters. The molecule has 0 bridgehead atoms. The lowest BCUT2D eigenvalue weighted by Crippen LogP contribution is -2.11. The van der Waals surface area contributed by atoms with Gasteiger partial charge >= 0.3 is 0 Å². The summed E-state index contributed by atoms with van der Waals surface area (Å²) in [6.45, 7) is 0. The van der Waals surface area contributed by atoms with E-state index in [0.29, 0.717) is 0 Å². The highest BCUT2D eigenvalue weighted by Gasteiger charge is 2.23. The van der Waals surface area contributed by atoms with E-state index in [-0.39, 0.29) is 0 Å². The summed E-state index contributed by atoms with van der Waals surface area (Å²) in [6, 6.07) is 96.7. The zero-order chi connectivity index (χ0) is 49.7. The largest absolute Gasteiger partial charge is 0.455 e. The highest BCUT2D eigenvalue weighted by Crippen LogP contribution is 2.46. The number of hydrogen-bond acceptors (Lipinski definition) is 2. The van der Waals surface area contributed by atoms with Gasteiger partial charge in [0.05, 0.1) is 22.4 Å². The second-order valence-corrected chi connectivity index (χ2v) is 19.4. The van der Waals surface area contributed by atoms with Gasteiger partial charge in [-0.05, 0) is 124 Å². The van der Waals surface area contributed by atoms with Gasteiger partial charge in [0.1, 0.15) is 11.2 Å². The van der Waals surface area contributed by atoms with Crippen LogP contribution >= 0.6 is 0 Å². The van der Waals surface area contributed by atoms with Crippen molar-refractivity contribution in [3.05, 3.63) is 290 Å². The molecule has 13 aromatic rings. The molecule has 3 heteroatoms. The quantitative estimate of drug-likeness (QED) is 0.136. The van der Waals surface area contributed by atoms with Crippen molar-refractivity contribution in [2.75, 3.05) is 4.90 Å². The lowest BCUT2D eigenvalue weighted by Gasteiger charge is -2.29. The number of hydrogen-bond donors (Lipinski definition) is 0. The second kappa shape index (κ2) is 18.7. The third-order valence-corrected chi connectivity index (χ3v) is 15.1. The molecular formula is C72H50N2O. The summed E-state index contributed by atoms with van der Waals surface area (Å²) in [6.07, 6.45) is 6.86. The van der Waals surface area contributed by atoms with Crippen molar-refractivity contribution in [3.63, 3.8) is 0 Å². The fourth-order valence-corrected chi connectivity index (χ4v) is 11.6. The lowest BCUT2D eigenvalue weighted by atomic mass is 9.86. The SMILES string of the molecule is C1=C(c2ccc(N(c3ccc(-c4ccccc4-c4cccc5c4oc4ccccc45)cc3)c3ccccc3-c3cccc(-c4ccccc4)c3)cc2)C(c2ccccc2-n2c3ccccc3c3ccccc32)=CCC1. The number of nitrogens with zero attached hydrogens (tertiary/aromatic N) is 2. The minimum Gasteiger partial charge on any atom is -0.455 e. The van der Waals surface area contributed by atoms with E-state index in [1.807, 2.05) is 6.07 Å². The summed E-state index contributed by atoms with van der Waals surface area (Å²) < 4.78 is 9.02. The van der Waals surface area contributed by atoms with Gasteiger partial charge in [-0.15, -0.1) is 0 Å². The number of aromatic nitrogens is 1. The first-order chi connectivity index (χ1) is 37.2. The molecule has 0 radical (unpaired) electrons. The maximum Gasteiger partial charge on any atom is 0.143 e. The number of furan rings is 1. The maximum atomic E-state index is 6.57. The Labute approximate surface area is 436 Å². The van der Waals surface area contributed by atoms with Gasteiger partial charge in [0.15, 0.2) is 0 Å².